The maximum absolute atomic E-state index is 12.0. The molecule has 0 fully saturated rings. The van der Waals surface area contributed by atoms with Crippen LogP contribution in [0.15, 0.2) is 17.1 Å². The summed E-state index contributed by atoms with van der Waals surface area (Å²) in [5.41, 5.74) is 1.61. The Bertz CT molecular complexity index is 489. The summed E-state index contributed by atoms with van der Waals surface area (Å²) in [5, 5.41) is 4.43. The molecule has 0 saturated carbocycles. The fraction of sp³-hybridized carbons (Fsp3) is 0.600. The SMILES string of the molecule is CCO/C=C/c1nn([C@@H](C)CC(C)C)c(=O)cc1C. The summed E-state index contributed by atoms with van der Waals surface area (Å²) in [5.74, 6) is 0.535. The predicted molar refractivity (Wildman–Crippen MR) is 78.1 cm³/mol. The van der Waals surface area contributed by atoms with Crippen LogP contribution in [0.2, 0.25) is 0 Å². The molecular weight excluding hydrogens is 240 g/mol. The fourth-order valence-corrected chi connectivity index (χ4v) is 2.04. The average molecular weight is 264 g/mol. The standard InChI is InChI=1S/C15H24N2O2/c1-6-19-8-7-14-12(4)10-15(18)17(16-14)13(5)9-11(2)3/h7-8,10-11,13H,6,9H2,1-5H3/b8-7+/t13-/m0/s1. The number of ether oxygens (including phenoxy) is 1. The number of aromatic nitrogens is 2. The Hall–Kier alpha value is -1.58. The van der Waals surface area contributed by atoms with Gasteiger partial charge in [0.05, 0.1) is 24.6 Å². The second kappa shape index (κ2) is 7.12. The quantitative estimate of drug-likeness (QED) is 0.741. The highest BCUT2D eigenvalue weighted by molar-refractivity contribution is 5.46. The second-order valence-electron chi connectivity index (χ2n) is 5.23. The topological polar surface area (TPSA) is 44.1 Å². The molecule has 0 saturated heterocycles. The van der Waals surface area contributed by atoms with Gasteiger partial charge in [-0.15, -0.1) is 0 Å². The summed E-state index contributed by atoms with van der Waals surface area (Å²) in [6, 6.07) is 1.74. The maximum Gasteiger partial charge on any atom is 0.267 e. The van der Waals surface area contributed by atoms with Crippen molar-refractivity contribution < 1.29 is 4.74 Å². The first-order chi connectivity index (χ1) is 8.95. The van der Waals surface area contributed by atoms with Gasteiger partial charge in [-0.2, -0.15) is 5.10 Å². The minimum atomic E-state index is -0.0424. The summed E-state index contributed by atoms with van der Waals surface area (Å²) in [6.07, 6.45) is 4.36. The molecule has 0 aliphatic heterocycles. The van der Waals surface area contributed by atoms with Gasteiger partial charge in [0.2, 0.25) is 0 Å². The molecule has 1 aromatic heterocycles. The highest BCUT2D eigenvalue weighted by atomic mass is 16.5. The van der Waals surface area contributed by atoms with Crippen LogP contribution >= 0.6 is 0 Å². The Morgan fingerprint density at radius 2 is 2.11 bits per heavy atom. The fourth-order valence-electron chi connectivity index (χ4n) is 2.04. The lowest BCUT2D eigenvalue weighted by Crippen LogP contribution is -2.27. The molecule has 0 aliphatic carbocycles. The van der Waals surface area contributed by atoms with E-state index < -0.39 is 0 Å². The Morgan fingerprint density at radius 1 is 1.42 bits per heavy atom. The maximum atomic E-state index is 12.0. The van der Waals surface area contributed by atoms with E-state index in [4.69, 9.17) is 4.74 Å². The van der Waals surface area contributed by atoms with Crippen LogP contribution in [0, 0.1) is 12.8 Å². The average Bonchev–Trinajstić information content (AvgIpc) is 2.31. The van der Waals surface area contributed by atoms with Crippen LogP contribution in [0.3, 0.4) is 0 Å². The van der Waals surface area contributed by atoms with Crippen molar-refractivity contribution in [1.29, 1.82) is 0 Å². The number of aryl methyl sites for hydroxylation is 1. The van der Waals surface area contributed by atoms with Crippen molar-refractivity contribution >= 4 is 6.08 Å². The molecule has 0 aromatic carbocycles. The number of hydrogen-bond donors (Lipinski definition) is 0. The van der Waals surface area contributed by atoms with E-state index in [1.807, 2.05) is 20.8 Å². The van der Waals surface area contributed by atoms with Gasteiger partial charge in [0, 0.05) is 12.1 Å². The van der Waals surface area contributed by atoms with Gasteiger partial charge in [0.1, 0.15) is 0 Å². The molecular formula is C15H24N2O2. The largest absolute Gasteiger partial charge is 0.501 e. The molecule has 0 amide bonds. The van der Waals surface area contributed by atoms with Crippen molar-refractivity contribution in [1.82, 2.24) is 9.78 Å². The van der Waals surface area contributed by atoms with E-state index in [-0.39, 0.29) is 11.6 Å². The van der Waals surface area contributed by atoms with E-state index in [9.17, 15) is 4.79 Å². The van der Waals surface area contributed by atoms with Crippen LogP contribution in [-0.4, -0.2) is 16.4 Å². The van der Waals surface area contributed by atoms with Gasteiger partial charge in [-0.3, -0.25) is 4.79 Å². The summed E-state index contributed by atoms with van der Waals surface area (Å²) < 4.78 is 6.75. The highest BCUT2D eigenvalue weighted by Gasteiger charge is 2.11. The zero-order valence-electron chi connectivity index (χ0n) is 12.5. The van der Waals surface area contributed by atoms with E-state index in [2.05, 4.69) is 18.9 Å². The van der Waals surface area contributed by atoms with E-state index in [1.54, 1.807) is 23.1 Å². The van der Waals surface area contributed by atoms with Crippen molar-refractivity contribution in [3.8, 4) is 0 Å². The summed E-state index contributed by atoms with van der Waals surface area (Å²) in [4.78, 5) is 12.0. The third-order valence-electron chi connectivity index (χ3n) is 2.90. The Kier molecular flexibility index (Phi) is 5.80. The van der Waals surface area contributed by atoms with E-state index in [0.717, 1.165) is 17.7 Å². The number of rotatable bonds is 6. The molecule has 1 rings (SSSR count). The van der Waals surface area contributed by atoms with Gasteiger partial charge in [-0.25, -0.2) is 4.68 Å². The third kappa shape index (κ3) is 4.54. The third-order valence-corrected chi connectivity index (χ3v) is 2.90. The van der Waals surface area contributed by atoms with E-state index in [0.29, 0.717) is 12.5 Å². The summed E-state index contributed by atoms with van der Waals surface area (Å²) >= 11 is 0. The van der Waals surface area contributed by atoms with Crippen LogP contribution in [-0.2, 0) is 4.74 Å². The van der Waals surface area contributed by atoms with E-state index >= 15 is 0 Å². The molecule has 0 spiro atoms. The zero-order chi connectivity index (χ0) is 14.4. The van der Waals surface area contributed by atoms with Gasteiger partial charge >= 0.3 is 0 Å². The second-order valence-corrected chi connectivity index (χ2v) is 5.23. The first-order valence-electron chi connectivity index (χ1n) is 6.84. The van der Waals surface area contributed by atoms with Gasteiger partial charge in [-0.1, -0.05) is 13.8 Å². The van der Waals surface area contributed by atoms with Gasteiger partial charge in [0.15, 0.2) is 0 Å². The molecule has 1 atom stereocenters. The molecule has 4 nitrogen and oxygen atoms in total. The minimum Gasteiger partial charge on any atom is -0.501 e. The molecule has 0 bridgehead atoms. The molecule has 106 valence electrons. The molecule has 0 radical (unpaired) electrons. The van der Waals surface area contributed by atoms with Crippen LogP contribution < -0.4 is 5.56 Å². The molecule has 0 aliphatic rings. The molecule has 4 heteroatoms. The van der Waals surface area contributed by atoms with Crippen molar-refractivity contribution in [2.24, 2.45) is 5.92 Å². The highest BCUT2D eigenvalue weighted by Crippen LogP contribution is 2.15. The van der Waals surface area contributed by atoms with Crippen LogP contribution in [0.5, 0.6) is 0 Å². The van der Waals surface area contributed by atoms with Crippen molar-refractivity contribution in [3.05, 3.63) is 33.9 Å². The monoisotopic (exact) mass is 264 g/mol. The first-order valence-corrected chi connectivity index (χ1v) is 6.84. The zero-order valence-corrected chi connectivity index (χ0v) is 12.5. The van der Waals surface area contributed by atoms with Crippen LogP contribution in [0.25, 0.3) is 6.08 Å². The Balaban J connectivity index is 3.05. The van der Waals surface area contributed by atoms with Crippen LogP contribution in [0.4, 0.5) is 0 Å². The van der Waals surface area contributed by atoms with Crippen molar-refractivity contribution in [2.75, 3.05) is 6.61 Å². The molecule has 0 unspecified atom stereocenters. The Labute approximate surface area is 115 Å². The summed E-state index contributed by atoms with van der Waals surface area (Å²) in [7, 11) is 0. The molecule has 19 heavy (non-hydrogen) atoms. The molecule has 1 heterocycles. The normalized spacial score (nSPS) is 13.2. The molecule has 1 aromatic rings. The lowest BCUT2D eigenvalue weighted by Gasteiger charge is -2.16. The van der Waals surface area contributed by atoms with Gasteiger partial charge in [0.25, 0.3) is 5.56 Å². The smallest absolute Gasteiger partial charge is 0.267 e. The predicted octanol–water partition coefficient (Wildman–Crippen LogP) is 3.17. The lowest BCUT2D eigenvalue weighted by atomic mass is 10.1. The van der Waals surface area contributed by atoms with Gasteiger partial charge < -0.3 is 4.74 Å². The first kappa shape index (κ1) is 15.5. The minimum absolute atomic E-state index is 0.0424. The van der Waals surface area contributed by atoms with Crippen LogP contribution in [0.1, 0.15) is 51.4 Å². The van der Waals surface area contributed by atoms with Crippen molar-refractivity contribution in [2.45, 2.75) is 47.1 Å². The Morgan fingerprint density at radius 3 is 2.68 bits per heavy atom. The number of nitrogens with zero attached hydrogens (tertiary/aromatic N) is 2. The number of hydrogen-bond acceptors (Lipinski definition) is 3. The summed E-state index contributed by atoms with van der Waals surface area (Å²) in [6.45, 7) is 10.8. The molecule has 0 N–H and O–H groups in total. The van der Waals surface area contributed by atoms with E-state index in [1.165, 1.54) is 0 Å². The lowest BCUT2D eigenvalue weighted by molar-refractivity contribution is 0.272. The van der Waals surface area contributed by atoms with Crippen molar-refractivity contribution in [3.63, 3.8) is 0 Å². The van der Waals surface area contributed by atoms with Gasteiger partial charge in [-0.05, 0) is 38.7 Å².